The van der Waals surface area contributed by atoms with Crippen molar-refractivity contribution in [2.24, 2.45) is 0 Å². The van der Waals surface area contributed by atoms with Gasteiger partial charge in [-0.25, -0.2) is 0 Å². The van der Waals surface area contributed by atoms with Gasteiger partial charge in [-0.15, -0.1) is 0 Å². The summed E-state index contributed by atoms with van der Waals surface area (Å²) in [7, 11) is 0. The molecule has 1 N–H and O–H groups in total. The average molecular weight is 322 g/mol. The largest absolute Gasteiger partial charge is 0.487 e. The first-order valence-electron chi connectivity index (χ1n) is 7.21. The fourth-order valence-corrected chi connectivity index (χ4v) is 2.13. The SMILES string of the molecule is Cc1cnn(CCC(=O)NC[C@H](C)Oc2ccccc2Cl)c1. The number of hydrogen-bond donors (Lipinski definition) is 1. The van der Waals surface area contributed by atoms with Crippen molar-refractivity contribution in [1.29, 1.82) is 0 Å². The van der Waals surface area contributed by atoms with Gasteiger partial charge in [0.1, 0.15) is 11.9 Å². The molecule has 118 valence electrons. The zero-order valence-corrected chi connectivity index (χ0v) is 13.5. The summed E-state index contributed by atoms with van der Waals surface area (Å²) in [5.74, 6) is 0.598. The molecule has 0 fully saturated rings. The van der Waals surface area contributed by atoms with E-state index in [1.54, 1.807) is 23.0 Å². The first-order valence-corrected chi connectivity index (χ1v) is 7.59. The van der Waals surface area contributed by atoms with Crippen LogP contribution in [0.4, 0.5) is 0 Å². The molecule has 1 aromatic carbocycles. The molecule has 0 saturated carbocycles. The minimum atomic E-state index is -0.157. The highest BCUT2D eigenvalue weighted by atomic mass is 35.5. The molecule has 0 aliphatic rings. The average Bonchev–Trinajstić information content (AvgIpc) is 2.91. The van der Waals surface area contributed by atoms with E-state index >= 15 is 0 Å². The van der Waals surface area contributed by atoms with Gasteiger partial charge in [0.2, 0.25) is 5.91 Å². The van der Waals surface area contributed by atoms with Gasteiger partial charge in [-0.2, -0.15) is 5.10 Å². The number of aryl methyl sites for hydroxylation is 2. The van der Waals surface area contributed by atoms with Crippen LogP contribution in [-0.2, 0) is 11.3 Å². The fourth-order valence-electron chi connectivity index (χ4n) is 1.95. The van der Waals surface area contributed by atoms with Crippen molar-refractivity contribution in [2.75, 3.05) is 6.54 Å². The van der Waals surface area contributed by atoms with E-state index in [0.29, 0.717) is 30.3 Å². The molecular weight excluding hydrogens is 302 g/mol. The molecule has 1 aromatic heterocycles. The third-order valence-corrected chi connectivity index (χ3v) is 3.39. The smallest absolute Gasteiger partial charge is 0.221 e. The topological polar surface area (TPSA) is 56.2 Å². The van der Waals surface area contributed by atoms with E-state index in [0.717, 1.165) is 5.56 Å². The Morgan fingerprint density at radius 2 is 2.23 bits per heavy atom. The molecule has 6 heteroatoms. The maximum atomic E-state index is 11.8. The van der Waals surface area contributed by atoms with Crippen LogP contribution in [0.5, 0.6) is 5.75 Å². The van der Waals surface area contributed by atoms with Crippen molar-refractivity contribution < 1.29 is 9.53 Å². The van der Waals surface area contributed by atoms with E-state index < -0.39 is 0 Å². The first kappa shape index (κ1) is 16.4. The molecule has 0 aliphatic heterocycles. The van der Waals surface area contributed by atoms with E-state index in [4.69, 9.17) is 16.3 Å². The van der Waals surface area contributed by atoms with E-state index in [1.807, 2.05) is 32.2 Å². The summed E-state index contributed by atoms with van der Waals surface area (Å²) in [6.07, 6.45) is 3.92. The Kier molecular flexibility index (Phi) is 5.83. The number of ether oxygens (including phenoxy) is 1. The van der Waals surface area contributed by atoms with Crippen LogP contribution in [0, 0.1) is 6.92 Å². The minimum absolute atomic E-state index is 0.0252. The first-order chi connectivity index (χ1) is 10.5. The second-order valence-corrected chi connectivity index (χ2v) is 5.60. The number of nitrogens with zero attached hydrogens (tertiary/aromatic N) is 2. The molecule has 0 aliphatic carbocycles. The summed E-state index contributed by atoms with van der Waals surface area (Å²) < 4.78 is 7.46. The lowest BCUT2D eigenvalue weighted by Gasteiger charge is -2.16. The van der Waals surface area contributed by atoms with Crippen molar-refractivity contribution in [3.8, 4) is 5.75 Å². The summed E-state index contributed by atoms with van der Waals surface area (Å²) in [6.45, 7) is 4.86. The van der Waals surface area contributed by atoms with Crippen molar-refractivity contribution in [3.63, 3.8) is 0 Å². The van der Waals surface area contributed by atoms with Gasteiger partial charge in [-0.1, -0.05) is 23.7 Å². The van der Waals surface area contributed by atoms with Crippen molar-refractivity contribution in [3.05, 3.63) is 47.2 Å². The number of nitrogens with one attached hydrogen (secondary N) is 1. The molecule has 0 unspecified atom stereocenters. The van der Waals surface area contributed by atoms with Gasteiger partial charge in [0.15, 0.2) is 0 Å². The lowest BCUT2D eigenvalue weighted by molar-refractivity contribution is -0.121. The monoisotopic (exact) mass is 321 g/mol. The predicted octanol–water partition coefficient (Wildman–Crippen LogP) is 2.82. The Labute approximate surface area is 135 Å². The summed E-state index contributed by atoms with van der Waals surface area (Å²) in [6, 6.07) is 7.28. The molecule has 22 heavy (non-hydrogen) atoms. The Hall–Kier alpha value is -2.01. The van der Waals surface area contributed by atoms with E-state index in [2.05, 4.69) is 10.4 Å². The molecule has 2 aromatic rings. The number of hydrogen-bond acceptors (Lipinski definition) is 3. The number of amides is 1. The molecule has 1 heterocycles. The number of carbonyl (C=O) groups is 1. The molecule has 1 amide bonds. The molecular formula is C16H20ClN3O2. The molecule has 0 radical (unpaired) electrons. The molecule has 0 spiro atoms. The minimum Gasteiger partial charge on any atom is -0.487 e. The van der Waals surface area contributed by atoms with Crippen LogP contribution in [0.2, 0.25) is 5.02 Å². The zero-order chi connectivity index (χ0) is 15.9. The van der Waals surface area contributed by atoms with Crippen LogP contribution in [0.25, 0.3) is 0 Å². The number of para-hydroxylation sites is 1. The Bertz CT molecular complexity index is 627. The van der Waals surface area contributed by atoms with Gasteiger partial charge in [0.25, 0.3) is 0 Å². The molecule has 1 atom stereocenters. The fraction of sp³-hybridized carbons (Fsp3) is 0.375. The maximum absolute atomic E-state index is 11.8. The lowest BCUT2D eigenvalue weighted by Crippen LogP contribution is -2.34. The summed E-state index contributed by atoms with van der Waals surface area (Å²) >= 11 is 6.03. The standard InChI is InChI=1S/C16H20ClN3O2/c1-12-9-19-20(11-12)8-7-16(21)18-10-13(2)22-15-6-4-3-5-14(15)17/h3-6,9,11,13H,7-8,10H2,1-2H3,(H,18,21)/t13-/m0/s1. The van der Waals surface area contributed by atoms with E-state index in [9.17, 15) is 4.79 Å². The van der Waals surface area contributed by atoms with Gasteiger partial charge < -0.3 is 10.1 Å². The zero-order valence-electron chi connectivity index (χ0n) is 12.8. The van der Waals surface area contributed by atoms with E-state index in [1.165, 1.54) is 0 Å². The number of benzene rings is 1. The number of aromatic nitrogens is 2. The van der Waals surface area contributed by atoms with Crippen molar-refractivity contribution in [2.45, 2.75) is 32.9 Å². The second kappa shape index (κ2) is 7.84. The number of halogens is 1. The van der Waals surface area contributed by atoms with Crippen LogP contribution >= 0.6 is 11.6 Å². The van der Waals surface area contributed by atoms with Crippen LogP contribution in [0.15, 0.2) is 36.7 Å². The summed E-state index contributed by atoms with van der Waals surface area (Å²) in [5.41, 5.74) is 1.09. The van der Waals surface area contributed by atoms with Gasteiger partial charge in [0.05, 0.1) is 17.8 Å². The molecule has 0 bridgehead atoms. The van der Waals surface area contributed by atoms with Crippen LogP contribution in [-0.4, -0.2) is 28.3 Å². The quantitative estimate of drug-likeness (QED) is 0.853. The lowest BCUT2D eigenvalue weighted by atomic mass is 10.3. The summed E-state index contributed by atoms with van der Waals surface area (Å²) in [5, 5.41) is 7.56. The van der Waals surface area contributed by atoms with Crippen LogP contribution < -0.4 is 10.1 Å². The molecule has 5 nitrogen and oxygen atoms in total. The van der Waals surface area contributed by atoms with Gasteiger partial charge in [0, 0.05) is 19.2 Å². The van der Waals surface area contributed by atoms with Gasteiger partial charge in [-0.3, -0.25) is 9.48 Å². The highest BCUT2D eigenvalue weighted by Gasteiger charge is 2.09. The number of rotatable bonds is 7. The highest BCUT2D eigenvalue weighted by molar-refractivity contribution is 6.32. The normalized spacial score (nSPS) is 12.0. The van der Waals surface area contributed by atoms with Gasteiger partial charge in [-0.05, 0) is 31.5 Å². The molecule has 2 rings (SSSR count). The molecule has 0 saturated heterocycles. The van der Waals surface area contributed by atoms with Crippen LogP contribution in [0.1, 0.15) is 18.9 Å². The maximum Gasteiger partial charge on any atom is 0.221 e. The third kappa shape index (κ3) is 5.07. The van der Waals surface area contributed by atoms with Gasteiger partial charge >= 0.3 is 0 Å². The Morgan fingerprint density at radius 1 is 1.45 bits per heavy atom. The van der Waals surface area contributed by atoms with Crippen molar-refractivity contribution >= 4 is 17.5 Å². The van der Waals surface area contributed by atoms with E-state index in [-0.39, 0.29) is 12.0 Å². The third-order valence-electron chi connectivity index (χ3n) is 3.08. The second-order valence-electron chi connectivity index (χ2n) is 5.19. The predicted molar refractivity (Wildman–Crippen MR) is 86.1 cm³/mol. The Morgan fingerprint density at radius 3 is 2.91 bits per heavy atom. The Balaban J connectivity index is 1.70. The van der Waals surface area contributed by atoms with Crippen molar-refractivity contribution in [1.82, 2.24) is 15.1 Å². The highest BCUT2D eigenvalue weighted by Crippen LogP contribution is 2.23. The summed E-state index contributed by atoms with van der Waals surface area (Å²) in [4.78, 5) is 11.8. The number of carbonyl (C=O) groups excluding carboxylic acids is 1. The van der Waals surface area contributed by atoms with Crippen LogP contribution in [0.3, 0.4) is 0 Å².